The third-order valence-corrected chi connectivity index (χ3v) is 4.58. The van der Waals surface area contributed by atoms with Gasteiger partial charge in [-0.05, 0) is 12.1 Å². The second kappa shape index (κ2) is 6.34. The first-order valence-corrected chi connectivity index (χ1v) is 8.18. The van der Waals surface area contributed by atoms with Gasteiger partial charge in [0.25, 0.3) is 0 Å². The number of methoxy groups -OCH3 is 1. The Kier molecular flexibility index (Phi) is 4.03. The van der Waals surface area contributed by atoms with Crippen LogP contribution in [0.3, 0.4) is 0 Å². The van der Waals surface area contributed by atoms with Crippen molar-refractivity contribution in [3.05, 3.63) is 35.7 Å². The molecule has 7 heteroatoms. The molecular formula is C18H19N3O4. The Balaban J connectivity index is 2.04. The van der Waals surface area contributed by atoms with Crippen LogP contribution in [0.2, 0.25) is 0 Å². The van der Waals surface area contributed by atoms with Gasteiger partial charge in [-0.3, -0.25) is 0 Å². The van der Waals surface area contributed by atoms with E-state index in [9.17, 15) is 9.90 Å². The summed E-state index contributed by atoms with van der Waals surface area (Å²) in [4.78, 5) is 21.4. The highest BCUT2D eigenvalue weighted by Gasteiger charge is 2.22. The first-order valence-electron chi connectivity index (χ1n) is 8.18. The fourth-order valence-corrected chi connectivity index (χ4v) is 3.52. The number of ether oxygens (including phenoxy) is 2. The lowest BCUT2D eigenvalue weighted by Crippen LogP contribution is -2.36. The van der Waals surface area contributed by atoms with Crippen LogP contribution < -0.4 is 4.90 Å². The van der Waals surface area contributed by atoms with Crippen LogP contribution in [-0.2, 0) is 16.1 Å². The average Bonchev–Trinajstić information content (AvgIpc) is 3.01. The molecule has 0 unspecified atom stereocenters. The zero-order chi connectivity index (χ0) is 17.4. The number of pyridine rings is 1. The maximum absolute atomic E-state index is 11.6. The number of nitrogens with zero attached hydrogens (tertiary/aromatic N) is 2. The number of carbonyl (C=O) groups is 1. The highest BCUT2D eigenvalue weighted by Crippen LogP contribution is 2.36. The number of aromatic carboxylic acids is 1. The molecule has 0 radical (unpaired) electrons. The summed E-state index contributed by atoms with van der Waals surface area (Å²) >= 11 is 0. The van der Waals surface area contributed by atoms with Crippen molar-refractivity contribution in [2.45, 2.75) is 6.61 Å². The minimum atomic E-state index is -1.05. The third kappa shape index (κ3) is 2.61. The SMILES string of the molecule is COCc1c(C(=O)O)ncc2[nH]c3cccc(N4CCOCC4)c3c12. The molecule has 0 saturated carbocycles. The van der Waals surface area contributed by atoms with Gasteiger partial charge in [0.1, 0.15) is 0 Å². The molecule has 1 fully saturated rings. The molecule has 130 valence electrons. The average molecular weight is 341 g/mol. The summed E-state index contributed by atoms with van der Waals surface area (Å²) in [5.74, 6) is -1.05. The molecule has 3 aromatic rings. The van der Waals surface area contributed by atoms with Crippen molar-refractivity contribution in [3.8, 4) is 0 Å². The maximum atomic E-state index is 11.6. The molecule has 1 aliphatic rings. The molecule has 0 spiro atoms. The predicted molar refractivity (Wildman–Crippen MR) is 94.3 cm³/mol. The molecule has 0 aliphatic carbocycles. The van der Waals surface area contributed by atoms with Gasteiger partial charge >= 0.3 is 5.97 Å². The fourth-order valence-electron chi connectivity index (χ4n) is 3.52. The first kappa shape index (κ1) is 15.9. The Morgan fingerprint density at radius 1 is 1.32 bits per heavy atom. The Morgan fingerprint density at radius 3 is 2.84 bits per heavy atom. The van der Waals surface area contributed by atoms with Gasteiger partial charge in [0.15, 0.2) is 5.69 Å². The fraction of sp³-hybridized carbons (Fsp3) is 0.333. The van der Waals surface area contributed by atoms with Gasteiger partial charge in [-0.15, -0.1) is 0 Å². The lowest BCUT2D eigenvalue weighted by Gasteiger charge is -2.29. The molecule has 25 heavy (non-hydrogen) atoms. The number of hydrogen-bond acceptors (Lipinski definition) is 5. The van der Waals surface area contributed by atoms with E-state index in [0.717, 1.165) is 40.6 Å². The lowest BCUT2D eigenvalue weighted by atomic mass is 10.0. The molecule has 1 aliphatic heterocycles. The minimum absolute atomic E-state index is 0.0343. The zero-order valence-electron chi connectivity index (χ0n) is 13.9. The number of fused-ring (bicyclic) bond motifs is 3. The Bertz CT molecular complexity index is 944. The monoisotopic (exact) mass is 341 g/mol. The van der Waals surface area contributed by atoms with Crippen LogP contribution in [0.25, 0.3) is 21.8 Å². The molecule has 7 nitrogen and oxygen atoms in total. The summed E-state index contributed by atoms with van der Waals surface area (Å²) in [6.45, 7) is 3.18. The van der Waals surface area contributed by atoms with E-state index in [4.69, 9.17) is 9.47 Å². The van der Waals surface area contributed by atoms with Crippen LogP contribution in [-0.4, -0.2) is 54.5 Å². The summed E-state index contributed by atoms with van der Waals surface area (Å²) in [6, 6.07) is 6.07. The Labute approximate surface area is 144 Å². The van der Waals surface area contributed by atoms with Gasteiger partial charge in [0, 0.05) is 47.7 Å². The second-order valence-electron chi connectivity index (χ2n) is 6.04. The number of aromatic amines is 1. The van der Waals surface area contributed by atoms with Gasteiger partial charge in [0.05, 0.1) is 31.5 Å². The van der Waals surface area contributed by atoms with Gasteiger partial charge in [0.2, 0.25) is 0 Å². The molecule has 0 atom stereocenters. The van der Waals surface area contributed by atoms with Gasteiger partial charge in [-0.1, -0.05) is 6.07 Å². The molecule has 0 amide bonds. The van der Waals surface area contributed by atoms with E-state index in [2.05, 4.69) is 20.9 Å². The normalized spacial score (nSPS) is 15.2. The van der Waals surface area contributed by atoms with Crippen LogP contribution in [0.1, 0.15) is 16.1 Å². The molecule has 2 aromatic heterocycles. The molecule has 0 bridgehead atoms. The van der Waals surface area contributed by atoms with E-state index in [-0.39, 0.29) is 12.3 Å². The number of carboxylic acid groups (broad SMARTS) is 1. The van der Waals surface area contributed by atoms with E-state index in [1.807, 2.05) is 12.1 Å². The van der Waals surface area contributed by atoms with E-state index in [0.29, 0.717) is 18.8 Å². The standard InChI is InChI=1S/C18H19N3O4/c1-24-10-11-15-13(9-19-17(11)18(22)23)20-12-3-2-4-14(16(12)15)21-5-7-25-8-6-21/h2-4,9,20H,5-8,10H2,1H3,(H,22,23). The molecular weight excluding hydrogens is 322 g/mol. The van der Waals surface area contributed by atoms with Crippen LogP contribution >= 0.6 is 0 Å². The van der Waals surface area contributed by atoms with Crippen molar-refractivity contribution in [3.63, 3.8) is 0 Å². The van der Waals surface area contributed by atoms with E-state index in [1.165, 1.54) is 0 Å². The third-order valence-electron chi connectivity index (χ3n) is 4.58. The van der Waals surface area contributed by atoms with E-state index in [1.54, 1.807) is 13.3 Å². The van der Waals surface area contributed by atoms with Crippen molar-refractivity contribution in [2.75, 3.05) is 38.3 Å². The quantitative estimate of drug-likeness (QED) is 0.758. The summed E-state index contributed by atoms with van der Waals surface area (Å²) in [5.41, 5.74) is 3.48. The first-order chi connectivity index (χ1) is 12.2. The summed E-state index contributed by atoms with van der Waals surface area (Å²) in [7, 11) is 1.56. The zero-order valence-corrected chi connectivity index (χ0v) is 13.9. The van der Waals surface area contributed by atoms with Crippen LogP contribution in [0.15, 0.2) is 24.4 Å². The predicted octanol–water partition coefficient (Wildman–Crippen LogP) is 2.40. The highest BCUT2D eigenvalue weighted by molar-refractivity contribution is 6.16. The van der Waals surface area contributed by atoms with Crippen molar-refractivity contribution in [1.29, 1.82) is 0 Å². The van der Waals surface area contributed by atoms with Crippen molar-refractivity contribution < 1.29 is 19.4 Å². The summed E-state index contributed by atoms with van der Waals surface area (Å²) < 4.78 is 10.7. The number of carboxylic acids is 1. The van der Waals surface area contributed by atoms with Crippen LogP contribution in [0, 0.1) is 0 Å². The van der Waals surface area contributed by atoms with E-state index >= 15 is 0 Å². The van der Waals surface area contributed by atoms with Gasteiger partial charge < -0.3 is 24.5 Å². The van der Waals surface area contributed by atoms with Gasteiger partial charge in [-0.25, -0.2) is 9.78 Å². The number of rotatable bonds is 4. The van der Waals surface area contributed by atoms with Crippen LogP contribution in [0.5, 0.6) is 0 Å². The van der Waals surface area contributed by atoms with Crippen molar-refractivity contribution in [2.24, 2.45) is 0 Å². The lowest BCUT2D eigenvalue weighted by molar-refractivity contribution is 0.0685. The second-order valence-corrected chi connectivity index (χ2v) is 6.04. The molecule has 4 rings (SSSR count). The maximum Gasteiger partial charge on any atom is 0.354 e. The molecule has 1 aromatic carbocycles. The number of anilines is 1. The number of H-pyrrole nitrogens is 1. The van der Waals surface area contributed by atoms with Crippen molar-refractivity contribution >= 4 is 33.5 Å². The smallest absolute Gasteiger partial charge is 0.354 e. The molecule has 1 saturated heterocycles. The van der Waals surface area contributed by atoms with Gasteiger partial charge in [-0.2, -0.15) is 0 Å². The highest BCUT2D eigenvalue weighted by atomic mass is 16.5. The van der Waals surface area contributed by atoms with Crippen LogP contribution in [0.4, 0.5) is 5.69 Å². The number of hydrogen-bond donors (Lipinski definition) is 2. The van der Waals surface area contributed by atoms with Crippen molar-refractivity contribution in [1.82, 2.24) is 9.97 Å². The number of benzene rings is 1. The number of morpholine rings is 1. The number of aromatic nitrogens is 2. The molecule has 2 N–H and O–H groups in total. The Hall–Kier alpha value is -2.64. The Morgan fingerprint density at radius 2 is 2.12 bits per heavy atom. The van der Waals surface area contributed by atoms with E-state index < -0.39 is 5.97 Å². The molecule has 3 heterocycles. The largest absolute Gasteiger partial charge is 0.477 e. The summed E-state index contributed by atoms with van der Waals surface area (Å²) in [6.07, 6.45) is 1.58. The summed E-state index contributed by atoms with van der Waals surface area (Å²) in [5, 5.41) is 11.4. The minimum Gasteiger partial charge on any atom is -0.477 e. The topological polar surface area (TPSA) is 87.7 Å². The number of nitrogens with one attached hydrogen (secondary N) is 1.